The Labute approximate surface area is 109 Å². The lowest BCUT2D eigenvalue weighted by molar-refractivity contribution is 0.0205. The molecule has 2 rings (SSSR count). The van der Waals surface area contributed by atoms with Gasteiger partial charge in [0.2, 0.25) is 0 Å². The molecule has 1 amide bonds. The zero-order valence-electron chi connectivity index (χ0n) is 9.70. The number of amides is 1. The largest absolute Gasteiger partial charge is 0.373 e. The third-order valence-corrected chi connectivity index (χ3v) is 3.54. The van der Waals surface area contributed by atoms with Crippen molar-refractivity contribution in [3.8, 4) is 0 Å². The number of hydrogen-bond acceptors (Lipinski definition) is 3. The van der Waals surface area contributed by atoms with Crippen molar-refractivity contribution in [1.29, 1.82) is 0 Å². The van der Waals surface area contributed by atoms with E-state index < -0.39 is 0 Å². The number of nitrogens with zero attached hydrogens (tertiary/aromatic N) is 1. The topological polar surface area (TPSA) is 51.2 Å². The Hall–Kier alpha value is -0.940. The minimum atomic E-state index is -0.225. The fraction of sp³-hybridized carbons (Fsp3) is 0.500. The summed E-state index contributed by atoms with van der Waals surface area (Å²) >= 11 is 3.31. The zero-order valence-corrected chi connectivity index (χ0v) is 11.3. The molecule has 5 heteroatoms. The number of rotatable bonds is 3. The molecule has 0 aromatic carbocycles. The number of halogens is 1. The second-order valence-electron chi connectivity index (χ2n) is 4.42. The molecule has 2 heterocycles. The molecule has 1 aliphatic heterocycles. The Morgan fingerprint density at radius 3 is 3.18 bits per heavy atom. The number of aromatic nitrogens is 1. The summed E-state index contributed by atoms with van der Waals surface area (Å²) in [6.07, 6.45) is 3.64. The summed E-state index contributed by atoms with van der Waals surface area (Å²) in [5, 5.41) is 2.87. The lowest BCUT2D eigenvalue weighted by atomic mass is 10.0. The number of nitrogens with one attached hydrogen (secondary N) is 1. The smallest absolute Gasteiger partial charge is 0.271 e. The standard InChI is InChI=1S/C12H15BrN2O2/c1-12(5-3-7-17-12)8-15-11(16)10-9(13)4-2-6-14-10/h2,4,6H,3,5,7-8H2,1H3,(H,15,16). The Balaban J connectivity index is 1.96. The van der Waals surface area contributed by atoms with Gasteiger partial charge in [-0.25, -0.2) is 4.98 Å². The molecular weight excluding hydrogens is 284 g/mol. The van der Waals surface area contributed by atoms with Crippen molar-refractivity contribution in [3.05, 3.63) is 28.5 Å². The van der Waals surface area contributed by atoms with Gasteiger partial charge < -0.3 is 10.1 Å². The van der Waals surface area contributed by atoms with Crippen molar-refractivity contribution in [1.82, 2.24) is 10.3 Å². The Bertz CT molecular complexity index is 417. The van der Waals surface area contributed by atoms with Crippen LogP contribution < -0.4 is 5.32 Å². The molecule has 17 heavy (non-hydrogen) atoms. The lowest BCUT2D eigenvalue weighted by Gasteiger charge is -2.23. The average Bonchev–Trinajstić information content (AvgIpc) is 2.74. The van der Waals surface area contributed by atoms with Crippen molar-refractivity contribution in [3.63, 3.8) is 0 Å². The first kappa shape index (κ1) is 12.5. The third kappa shape index (κ3) is 3.04. The van der Waals surface area contributed by atoms with E-state index in [2.05, 4.69) is 26.2 Å². The summed E-state index contributed by atoms with van der Waals surface area (Å²) < 4.78 is 6.31. The van der Waals surface area contributed by atoms with Crippen LogP contribution in [0.2, 0.25) is 0 Å². The average molecular weight is 299 g/mol. The van der Waals surface area contributed by atoms with E-state index in [4.69, 9.17) is 4.74 Å². The van der Waals surface area contributed by atoms with E-state index in [1.807, 2.05) is 6.92 Å². The van der Waals surface area contributed by atoms with Crippen LogP contribution >= 0.6 is 15.9 Å². The maximum absolute atomic E-state index is 11.9. The number of hydrogen-bond donors (Lipinski definition) is 1. The molecule has 1 fully saturated rings. The van der Waals surface area contributed by atoms with E-state index in [1.165, 1.54) is 0 Å². The third-order valence-electron chi connectivity index (χ3n) is 2.90. The minimum Gasteiger partial charge on any atom is -0.373 e. The molecule has 0 radical (unpaired) electrons. The van der Waals surface area contributed by atoms with E-state index in [0.717, 1.165) is 19.4 Å². The predicted molar refractivity (Wildman–Crippen MR) is 67.9 cm³/mol. The van der Waals surface area contributed by atoms with Crippen LogP contribution in [0.15, 0.2) is 22.8 Å². The molecule has 1 N–H and O–H groups in total. The van der Waals surface area contributed by atoms with Gasteiger partial charge in [-0.3, -0.25) is 4.79 Å². The monoisotopic (exact) mass is 298 g/mol. The van der Waals surface area contributed by atoms with Gasteiger partial charge in [0.05, 0.1) is 5.60 Å². The van der Waals surface area contributed by atoms with Gasteiger partial charge in [0.15, 0.2) is 0 Å². The summed E-state index contributed by atoms with van der Waals surface area (Å²) in [6.45, 7) is 3.32. The van der Waals surface area contributed by atoms with Gasteiger partial charge in [0.25, 0.3) is 5.91 Å². The Morgan fingerprint density at radius 2 is 2.53 bits per heavy atom. The predicted octanol–water partition coefficient (Wildman–Crippen LogP) is 2.14. The van der Waals surface area contributed by atoms with E-state index in [0.29, 0.717) is 16.7 Å². The Morgan fingerprint density at radius 1 is 1.71 bits per heavy atom. The van der Waals surface area contributed by atoms with Gasteiger partial charge >= 0.3 is 0 Å². The van der Waals surface area contributed by atoms with Crippen LogP contribution in [-0.2, 0) is 4.74 Å². The summed E-state index contributed by atoms with van der Waals surface area (Å²) in [6, 6.07) is 3.58. The SMILES string of the molecule is CC1(CNC(=O)c2ncccc2Br)CCCO1. The summed E-state index contributed by atoms with van der Waals surface area (Å²) in [5.41, 5.74) is 0.186. The molecule has 0 aliphatic carbocycles. The van der Waals surface area contributed by atoms with Crippen LogP contribution in [0.4, 0.5) is 0 Å². The maximum atomic E-state index is 11.9. The van der Waals surface area contributed by atoms with Crippen molar-refractivity contribution >= 4 is 21.8 Å². The zero-order chi connectivity index (χ0) is 12.3. The van der Waals surface area contributed by atoms with Crippen LogP contribution in [0.5, 0.6) is 0 Å². The molecule has 1 saturated heterocycles. The maximum Gasteiger partial charge on any atom is 0.271 e. The highest BCUT2D eigenvalue weighted by atomic mass is 79.9. The highest BCUT2D eigenvalue weighted by Gasteiger charge is 2.30. The fourth-order valence-electron chi connectivity index (χ4n) is 1.88. The van der Waals surface area contributed by atoms with Crippen molar-refractivity contribution < 1.29 is 9.53 Å². The molecule has 92 valence electrons. The minimum absolute atomic E-state index is 0.172. The van der Waals surface area contributed by atoms with Gasteiger partial charge in [-0.15, -0.1) is 0 Å². The first-order valence-corrected chi connectivity index (χ1v) is 6.43. The molecule has 1 aromatic rings. The second-order valence-corrected chi connectivity index (χ2v) is 5.27. The summed E-state index contributed by atoms with van der Waals surface area (Å²) in [7, 11) is 0. The lowest BCUT2D eigenvalue weighted by Crippen LogP contribution is -2.40. The van der Waals surface area contributed by atoms with E-state index >= 15 is 0 Å². The summed E-state index contributed by atoms with van der Waals surface area (Å²) in [5.74, 6) is -0.172. The van der Waals surface area contributed by atoms with Gasteiger partial charge in [-0.05, 0) is 47.8 Å². The van der Waals surface area contributed by atoms with E-state index in [9.17, 15) is 4.79 Å². The molecule has 0 spiro atoms. The van der Waals surface area contributed by atoms with Crippen molar-refractivity contribution in [2.24, 2.45) is 0 Å². The first-order chi connectivity index (χ1) is 8.11. The van der Waals surface area contributed by atoms with Crippen LogP contribution in [-0.4, -0.2) is 29.6 Å². The number of carbonyl (C=O) groups is 1. The number of carbonyl (C=O) groups excluding carboxylic acids is 1. The van der Waals surface area contributed by atoms with Gasteiger partial charge in [0, 0.05) is 23.8 Å². The number of ether oxygens (including phenoxy) is 1. The number of pyridine rings is 1. The molecule has 4 nitrogen and oxygen atoms in total. The molecule has 1 aliphatic rings. The van der Waals surface area contributed by atoms with Crippen molar-refractivity contribution in [2.75, 3.05) is 13.2 Å². The molecular formula is C12H15BrN2O2. The van der Waals surface area contributed by atoms with Crippen LogP contribution in [0, 0.1) is 0 Å². The van der Waals surface area contributed by atoms with Crippen LogP contribution in [0.1, 0.15) is 30.3 Å². The van der Waals surface area contributed by atoms with Crippen LogP contribution in [0.25, 0.3) is 0 Å². The molecule has 0 saturated carbocycles. The molecule has 1 atom stereocenters. The first-order valence-electron chi connectivity index (χ1n) is 5.63. The van der Waals surface area contributed by atoms with Crippen LogP contribution in [0.3, 0.4) is 0 Å². The molecule has 1 unspecified atom stereocenters. The van der Waals surface area contributed by atoms with Gasteiger partial charge in [-0.1, -0.05) is 0 Å². The van der Waals surface area contributed by atoms with Crippen molar-refractivity contribution in [2.45, 2.75) is 25.4 Å². The molecule has 1 aromatic heterocycles. The highest BCUT2D eigenvalue weighted by Crippen LogP contribution is 2.24. The Kier molecular flexibility index (Phi) is 3.79. The fourth-order valence-corrected chi connectivity index (χ4v) is 2.32. The van der Waals surface area contributed by atoms with Gasteiger partial charge in [-0.2, -0.15) is 0 Å². The van der Waals surface area contributed by atoms with E-state index in [1.54, 1.807) is 18.3 Å². The van der Waals surface area contributed by atoms with Gasteiger partial charge in [0.1, 0.15) is 5.69 Å². The molecule has 0 bridgehead atoms. The normalized spacial score (nSPS) is 23.6. The summed E-state index contributed by atoms with van der Waals surface area (Å²) in [4.78, 5) is 16.0. The highest BCUT2D eigenvalue weighted by molar-refractivity contribution is 9.10. The van der Waals surface area contributed by atoms with E-state index in [-0.39, 0.29) is 11.5 Å². The second kappa shape index (κ2) is 5.14. The quantitative estimate of drug-likeness (QED) is 0.930.